The number of thiophene rings is 1. The summed E-state index contributed by atoms with van der Waals surface area (Å²) in [6, 6.07) is 4.38. The van der Waals surface area contributed by atoms with Gasteiger partial charge in [-0.2, -0.15) is 0 Å². The molecule has 17 heavy (non-hydrogen) atoms. The zero-order valence-electron chi connectivity index (χ0n) is 10.5. The molecule has 94 valence electrons. The molecule has 0 radical (unpaired) electrons. The molecule has 0 amide bonds. The Morgan fingerprint density at radius 3 is 2.76 bits per heavy atom. The molecule has 1 N–H and O–H groups in total. The molecule has 1 saturated heterocycles. The third-order valence-corrected chi connectivity index (χ3v) is 4.38. The van der Waals surface area contributed by atoms with Crippen molar-refractivity contribution in [2.75, 3.05) is 24.6 Å². The van der Waals surface area contributed by atoms with E-state index in [1.54, 1.807) is 0 Å². The highest BCUT2D eigenvalue weighted by Crippen LogP contribution is 2.29. The molecule has 0 spiro atoms. The molecule has 0 unspecified atom stereocenters. The fourth-order valence-electron chi connectivity index (χ4n) is 2.16. The Morgan fingerprint density at radius 1 is 1.35 bits per heavy atom. The first kappa shape index (κ1) is 12.7. The second kappa shape index (κ2) is 6.22. The molecule has 0 aromatic carbocycles. The molecule has 1 aromatic rings. The van der Waals surface area contributed by atoms with Crippen LogP contribution in [0, 0.1) is 0 Å². The predicted octanol–water partition coefficient (Wildman–Crippen LogP) is 3.52. The van der Waals surface area contributed by atoms with Crippen LogP contribution in [0.3, 0.4) is 0 Å². The highest BCUT2D eigenvalue weighted by atomic mass is 32.1. The molecule has 0 aliphatic carbocycles. The van der Waals surface area contributed by atoms with Crippen molar-refractivity contribution >= 4 is 22.4 Å². The summed E-state index contributed by atoms with van der Waals surface area (Å²) in [4.78, 5) is 3.74. The topological polar surface area (TPSA) is 23.5 Å². The molecule has 2 nitrogen and oxygen atoms in total. The number of anilines is 1. The predicted molar refractivity (Wildman–Crippen MR) is 75.7 cm³/mol. The van der Waals surface area contributed by atoms with Crippen LogP contribution < -0.4 is 4.90 Å². The van der Waals surface area contributed by atoms with E-state index in [-0.39, 0.29) is 6.61 Å². The molecule has 2 heterocycles. The van der Waals surface area contributed by atoms with Gasteiger partial charge in [0.25, 0.3) is 0 Å². The van der Waals surface area contributed by atoms with Gasteiger partial charge in [0.1, 0.15) is 0 Å². The molecule has 2 rings (SSSR count). The van der Waals surface area contributed by atoms with Crippen molar-refractivity contribution in [1.82, 2.24) is 0 Å². The van der Waals surface area contributed by atoms with Gasteiger partial charge >= 0.3 is 0 Å². The average molecular weight is 251 g/mol. The maximum atomic E-state index is 9.17. The van der Waals surface area contributed by atoms with Crippen LogP contribution >= 0.6 is 11.3 Å². The van der Waals surface area contributed by atoms with Gasteiger partial charge in [-0.05, 0) is 49.5 Å². The summed E-state index contributed by atoms with van der Waals surface area (Å²) in [5.41, 5.74) is 1.11. The van der Waals surface area contributed by atoms with Gasteiger partial charge in [0.15, 0.2) is 0 Å². The molecule has 1 aliphatic heterocycles. The van der Waals surface area contributed by atoms with Crippen LogP contribution in [0.4, 0.5) is 5.00 Å². The van der Waals surface area contributed by atoms with Crippen molar-refractivity contribution in [1.29, 1.82) is 0 Å². The number of rotatable bonds is 4. The maximum Gasteiger partial charge on any atom is 0.0914 e. The highest BCUT2D eigenvalue weighted by molar-refractivity contribution is 7.16. The van der Waals surface area contributed by atoms with Crippen molar-refractivity contribution in [2.24, 2.45) is 0 Å². The number of hydrogen-bond acceptors (Lipinski definition) is 3. The standard InChI is InChI=1S/C14H21NOS/c1-2-12(11-16)10-13-6-7-14(17-13)15-8-4-3-5-9-15/h6-7,10,16H,2-5,8-9,11H2,1H3. The van der Waals surface area contributed by atoms with E-state index >= 15 is 0 Å². The Labute approximate surface area is 108 Å². The van der Waals surface area contributed by atoms with Crippen molar-refractivity contribution in [3.05, 3.63) is 22.6 Å². The molecule has 0 saturated carbocycles. The molecule has 1 aliphatic rings. The largest absolute Gasteiger partial charge is 0.392 e. The Kier molecular flexibility index (Phi) is 4.63. The third-order valence-electron chi connectivity index (χ3n) is 3.28. The molecule has 0 bridgehead atoms. The number of piperidine rings is 1. The fraction of sp³-hybridized carbons (Fsp3) is 0.571. The summed E-state index contributed by atoms with van der Waals surface area (Å²) in [5, 5.41) is 10.5. The van der Waals surface area contributed by atoms with E-state index in [0.29, 0.717) is 0 Å². The van der Waals surface area contributed by atoms with Gasteiger partial charge in [-0.3, -0.25) is 0 Å². The van der Waals surface area contributed by atoms with E-state index in [0.717, 1.165) is 12.0 Å². The minimum Gasteiger partial charge on any atom is -0.392 e. The van der Waals surface area contributed by atoms with E-state index in [2.05, 4.69) is 30.0 Å². The average Bonchev–Trinajstić information content (AvgIpc) is 2.85. The number of aliphatic hydroxyl groups is 1. The van der Waals surface area contributed by atoms with Crippen molar-refractivity contribution in [3.63, 3.8) is 0 Å². The smallest absolute Gasteiger partial charge is 0.0914 e. The van der Waals surface area contributed by atoms with Gasteiger partial charge in [-0.25, -0.2) is 0 Å². The Morgan fingerprint density at radius 2 is 2.12 bits per heavy atom. The molecule has 3 heteroatoms. The summed E-state index contributed by atoms with van der Waals surface area (Å²) in [7, 11) is 0. The SMILES string of the molecule is CCC(=Cc1ccc(N2CCCCC2)s1)CO. The second-order valence-electron chi connectivity index (χ2n) is 4.54. The van der Waals surface area contributed by atoms with Gasteiger partial charge in [0, 0.05) is 18.0 Å². The lowest BCUT2D eigenvalue weighted by Gasteiger charge is -2.27. The lowest BCUT2D eigenvalue weighted by Crippen LogP contribution is -2.28. The Bertz CT molecular complexity index is 371. The van der Waals surface area contributed by atoms with Crippen LogP contribution in [0.5, 0.6) is 0 Å². The number of aliphatic hydroxyl groups excluding tert-OH is 1. The minimum absolute atomic E-state index is 0.174. The third kappa shape index (κ3) is 3.33. The monoisotopic (exact) mass is 251 g/mol. The zero-order valence-corrected chi connectivity index (χ0v) is 11.3. The normalized spacial score (nSPS) is 17.5. The molecular formula is C14H21NOS. The van der Waals surface area contributed by atoms with Gasteiger partial charge in [0.2, 0.25) is 0 Å². The van der Waals surface area contributed by atoms with E-state index in [4.69, 9.17) is 5.11 Å². The van der Waals surface area contributed by atoms with E-state index < -0.39 is 0 Å². The molecule has 0 atom stereocenters. The van der Waals surface area contributed by atoms with Gasteiger partial charge in [0.05, 0.1) is 11.6 Å². The first-order valence-corrected chi connectivity index (χ1v) is 7.30. The van der Waals surface area contributed by atoms with E-state index in [9.17, 15) is 0 Å². The molecular weight excluding hydrogens is 230 g/mol. The van der Waals surface area contributed by atoms with Crippen LogP contribution in [-0.2, 0) is 0 Å². The van der Waals surface area contributed by atoms with Gasteiger partial charge in [-0.1, -0.05) is 6.92 Å². The zero-order chi connectivity index (χ0) is 12.1. The summed E-state index contributed by atoms with van der Waals surface area (Å²) in [5.74, 6) is 0. The second-order valence-corrected chi connectivity index (χ2v) is 5.63. The Hall–Kier alpha value is -0.800. The lowest BCUT2D eigenvalue weighted by molar-refractivity contribution is 0.329. The first-order chi connectivity index (χ1) is 8.33. The van der Waals surface area contributed by atoms with Gasteiger partial charge in [-0.15, -0.1) is 11.3 Å². The summed E-state index contributed by atoms with van der Waals surface area (Å²) in [6.07, 6.45) is 7.06. The lowest BCUT2D eigenvalue weighted by atomic mass is 10.1. The van der Waals surface area contributed by atoms with Crippen LogP contribution in [0.1, 0.15) is 37.5 Å². The summed E-state index contributed by atoms with van der Waals surface area (Å²) >= 11 is 1.84. The maximum absolute atomic E-state index is 9.17. The minimum atomic E-state index is 0.174. The van der Waals surface area contributed by atoms with E-state index in [1.807, 2.05) is 11.3 Å². The summed E-state index contributed by atoms with van der Waals surface area (Å²) < 4.78 is 0. The van der Waals surface area contributed by atoms with E-state index in [1.165, 1.54) is 42.2 Å². The van der Waals surface area contributed by atoms with Crippen molar-refractivity contribution in [3.8, 4) is 0 Å². The van der Waals surface area contributed by atoms with Crippen molar-refractivity contribution < 1.29 is 5.11 Å². The van der Waals surface area contributed by atoms with Crippen LogP contribution in [0.15, 0.2) is 17.7 Å². The highest BCUT2D eigenvalue weighted by Gasteiger charge is 2.12. The fourth-order valence-corrected chi connectivity index (χ4v) is 3.22. The number of hydrogen-bond donors (Lipinski definition) is 1. The summed E-state index contributed by atoms with van der Waals surface area (Å²) in [6.45, 7) is 4.66. The Balaban J connectivity index is 2.07. The molecule has 1 fully saturated rings. The van der Waals surface area contributed by atoms with Crippen molar-refractivity contribution in [2.45, 2.75) is 32.6 Å². The van der Waals surface area contributed by atoms with Crippen LogP contribution in [0.2, 0.25) is 0 Å². The van der Waals surface area contributed by atoms with Crippen LogP contribution in [0.25, 0.3) is 6.08 Å². The quantitative estimate of drug-likeness (QED) is 0.885. The van der Waals surface area contributed by atoms with Crippen LogP contribution in [-0.4, -0.2) is 24.8 Å². The first-order valence-electron chi connectivity index (χ1n) is 6.48. The molecule has 1 aromatic heterocycles. The van der Waals surface area contributed by atoms with Gasteiger partial charge < -0.3 is 10.0 Å². The number of nitrogens with zero attached hydrogens (tertiary/aromatic N) is 1.